The van der Waals surface area contributed by atoms with Gasteiger partial charge in [-0.2, -0.15) is 0 Å². The van der Waals surface area contributed by atoms with E-state index in [0.717, 1.165) is 4.90 Å². The Kier molecular flexibility index (Phi) is 5.53. The standard InChI is InChI=1S/C8H13FN2O3.ClH/c9-4-5(10)7(12)11-3-1-2-6(11)8(13)14;/h5-6H,1-4,10H2,(H,13,14);1H/t5-,6-;/m0./s1. The maximum absolute atomic E-state index is 12.1. The highest BCUT2D eigenvalue weighted by Gasteiger charge is 2.35. The zero-order valence-corrected chi connectivity index (χ0v) is 8.87. The summed E-state index contributed by atoms with van der Waals surface area (Å²) in [6.07, 6.45) is 1.04. The number of amides is 1. The molecule has 0 aromatic carbocycles. The molecule has 1 amide bonds. The van der Waals surface area contributed by atoms with Crippen LogP contribution in [-0.2, 0) is 9.59 Å². The van der Waals surface area contributed by atoms with Gasteiger partial charge in [0.25, 0.3) is 0 Å². The van der Waals surface area contributed by atoms with Gasteiger partial charge in [0.05, 0.1) is 0 Å². The minimum atomic E-state index is -1.23. The van der Waals surface area contributed by atoms with Crippen molar-refractivity contribution in [3.05, 3.63) is 0 Å². The third kappa shape index (κ3) is 3.04. The minimum absolute atomic E-state index is 0. The first-order valence-electron chi connectivity index (χ1n) is 4.42. The fourth-order valence-corrected chi connectivity index (χ4v) is 1.57. The molecule has 2 atom stereocenters. The number of halogens is 2. The molecule has 0 unspecified atom stereocenters. The van der Waals surface area contributed by atoms with Crippen LogP contribution < -0.4 is 5.73 Å². The lowest BCUT2D eigenvalue weighted by Crippen LogP contribution is -2.49. The monoisotopic (exact) mass is 240 g/mol. The first-order chi connectivity index (χ1) is 6.57. The third-order valence-corrected chi connectivity index (χ3v) is 2.30. The summed E-state index contributed by atoms with van der Waals surface area (Å²) >= 11 is 0. The van der Waals surface area contributed by atoms with Crippen LogP contribution in [0.25, 0.3) is 0 Å². The Hall–Kier alpha value is -0.880. The smallest absolute Gasteiger partial charge is 0.326 e. The topological polar surface area (TPSA) is 83.6 Å². The van der Waals surface area contributed by atoms with Gasteiger partial charge in [0.15, 0.2) is 0 Å². The van der Waals surface area contributed by atoms with Gasteiger partial charge in [-0.3, -0.25) is 4.79 Å². The number of carboxylic acids is 1. The molecule has 0 aromatic heterocycles. The predicted octanol–water partition coefficient (Wildman–Crippen LogP) is -0.219. The summed E-state index contributed by atoms with van der Waals surface area (Å²) < 4.78 is 12.1. The van der Waals surface area contributed by atoms with Crippen molar-refractivity contribution < 1.29 is 19.1 Å². The Labute approximate surface area is 92.8 Å². The second-order valence-corrected chi connectivity index (χ2v) is 3.29. The van der Waals surface area contributed by atoms with E-state index in [1.165, 1.54) is 0 Å². The first kappa shape index (κ1) is 14.1. The Morgan fingerprint density at radius 3 is 2.67 bits per heavy atom. The molecule has 3 N–H and O–H groups in total. The van der Waals surface area contributed by atoms with Gasteiger partial charge in [0.2, 0.25) is 5.91 Å². The molecule has 5 nitrogen and oxygen atoms in total. The van der Waals surface area contributed by atoms with Crippen molar-refractivity contribution >= 4 is 24.3 Å². The number of aliphatic carboxylic acids is 1. The van der Waals surface area contributed by atoms with Gasteiger partial charge in [-0.15, -0.1) is 12.4 Å². The molecule has 1 aliphatic rings. The van der Waals surface area contributed by atoms with Gasteiger partial charge in [-0.05, 0) is 12.8 Å². The van der Waals surface area contributed by atoms with Gasteiger partial charge in [0, 0.05) is 6.54 Å². The van der Waals surface area contributed by atoms with Crippen LogP contribution in [0.1, 0.15) is 12.8 Å². The van der Waals surface area contributed by atoms with Crippen LogP contribution in [0, 0.1) is 0 Å². The number of carboxylic acid groups (broad SMARTS) is 1. The number of carbonyl (C=O) groups excluding carboxylic acids is 1. The van der Waals surface area contributed by atoms with Gasteiger partial charge in [0.1, 0.15) is 18.8 Å². The first-order valence-corrected chi connectivity index (χ1v) is 4.42. The zero-order valence-electron chi connectivity index (χ0n) is 8.06. The van der Waals surface area contributed by atoms with E-state index in [2.05, 4.69) is 0 Å². The van der Waals surface area contributed by atoms with Crippen LogP contribution in [0.2, 0.25) is 0 Å². The van der Waals surface area contributed by atoms with Crippen molar-refractivity contribution in [3.63, 3.8) is 0 Å². The SMILES string of the molecule is Cl.N[C@@H](CF)C(=O)N1CCC[C@H]1C(=O)O. The molecule has 1 aliphatic heterocycles. The van der Waals surface area contributed by atoms with Crippen LogP contribution in [0.15, 0.2) is 0 Å². The summed E-state index contributed by atoms with van der Waals surface area (Å²) in [5, 5.41) is 8.76. The molecule has 0 aliphatic carbocycles. The number of carbonyl (C=O) groups is 2. The van der Waals surface area contributed by atoms with Crippen LogP contribution in [0.4, 0.5) is 4.39 Å². The summed E-state index contributed by atoms with van der Waals surface area (Å²) in [6, 6.07) is -2.06. The lowest BCUT2D eigenvalue weighted by Gasteiger charge is -2.23. The molecule has 0 saturated carbocycles. The van der Waals surface area contributed by atoms with Crippen molar-refractivity contribution in [2.45, 2.75) is 24.9 Å². The third-order valence-electron chi connectivity index (χ3n) is 2.30. The van der Waals surface area contributed by atoms with E-state index in [4.69, 9.17) is 10.8 Å². The average molecular weight is 241 g/mol. The number of likely N-dealkylation sites (tertiary alicyclic amines) is 1. The van der Waals surface area contributed by atoms with E-state index in [9.17, 15) is 14.0 Å². The normalized spacial score (nSPS) is 22.0. The molecule has 0 bridgehead atoms. The number of hydrogen-bond acceptors (Lipinski definition) is 3. The van der Waals surface area contributed by atoms with E-state index >= 15 is 0 Å². The molecular weight excluding hydrogens is 227 g/mol. The van der Waals surface area contributed by atoms with E-state index in [0.29, 0.717) is 19.4 Å². The molecule has 1 heterocycles. The fraction of sp³-hybridized carbons (Fsp3) is 0.750. The quantitative estimate of drug-likeness (QED) is 0.715. The number of nitrogens with two attached hydrogens (primary N) is 1. The van der Waals surface area contributed by atoms with E-state index in [1.54, 1.807) is 0 Å². The lowest BCUT2D eigenvalue weighted by atomic mass is 10.2. The highest BCUT2D eigenvalue weighted by molar-refractivity contribution is 5.87. The largest absolute Gasteiger partial charge is 0.480 e. The van der Waals surface area contributed by atoms with Crippen molar-refractivity contribution in [3.8, 4) is 0 Å². The maximum atomic E-state index is 12.1. The van der Waals surface area contributed by atoms with Crippen molar-refractivity contribution in [2.24, 2.45) is 5.73 Å². The van der Waals surface area contributed by atoms with Crippen LogP contribution in [0.3, 0.4) is 0 Å². The number of rotatable bonds is 3. The molecule has 0 radical (unpaired) electrons. The highest BCUT2D eigenvalue weighted by Crippen LogP contribution is 2.18. The lowest BCUT2D eigenvalue weighted by molar-refractivity contribution is -0.148. The van der Waals surface area contributed by atoms with Crippen molar-refractivity contribution in [1.82, 2.24) is 4.90 Å². The fourth-order valence-electron chi connectivity index (χ4n) is 1.57. The second kappa shape index (κ2) is 5.87. The second-order valence-electron chi connectivity index (χ2n) is 3.29. The summed E-state index contributed by atoms with van der Waals surface area (Å²) in [5.41, 5.74) is 5.20. The van der Waals surface area contributed by atoms with E-state index in [1.807, 2.05) is 0 Å². The predicted molar refractivity (Wildman–Crippen MR) is 53.6 cm³/mol. The number of hydrogen-bond donors (Lipinski definition) is 2. The Bertz CT molecular complexity index is 252. The highest BCUT2D eigenvalue weighted by atomic mass is 35.5. The number of alkyl halides is 1. The average Bonchev–Trinajstić information content (AvgIpc) is 2.63. The molecule has 7 heteroatoms. The molecule has 1 saturated heterocycles. The molecule has 0 aromatic rings. The van der Waals surface area contributed by atoms with Gasteiger partial charge >= 0.3 is 5.97 Å². The summed E-state index contributed by atoms with van der Waals surface area (Å²) in [5.74, 6) is -1.67. The van der Waals surface area contributed by atoms with Gasteiger partial charge < -0.3 is 15.7 Å². The molecule has 15 heavy (non-hydrogen) atoms. The maximum Gasteiger partial charge on any atom is 0.326 e. The summed E-state index contributed by atoms with van der Waals surface area (Å²) in [4.78, 5) is 23.2. The van der Waals surface area contributed by atoms with Crippen LogP contribution in [-0.4, -0.2) is 47.2 Å². The Morgan fingerprint density at radius 1 is 1.60 bits per heavy atom. The van der Waals surface area contributed by atoms with Gasteiger partial charge in [-0.1, -0.05) is 0 Å². The Morgan fingerprint density at radius 2 is 2.20 bits per heavy atom. The van der Waals surface area contributed by atoms with Crippen LogP contribution >= 0.6 is 12.4 Å². The number of nitrogens with zero attached hydrogens (tertiary/aromatic N) is 1. The molecule has 0 spiro atoms. The molecule has 1 fully saturated rings. The Balaban J connectivity index is 0.00000196. The van der Waals surface area contributed by atoms with Crippen LogP contribution in [0.5, 0.6) is 0 Å². The van der Waals surface area contributed by atoms with Gasteiger partial charge in [-0.25, -0.2) is 9.18 Å². The molecular formula is C8H14ClFN2O3. The van der Waals surface area contributed by atoms with Crippen molar-refractivity contribution in [1.29, 1.82) is 0 Å². The summed E-state index contributed by atoms with van der Waals surface area (Å²) in [7, 11) is 0. The van der Waals surface area contributed by atoms with E-state index in [-0.39, 0.29) is 12.4 Å². The summed E-state index contributed by atoms with van der Waals surface area (Å²) in [6.45, 7) is -0.606. The van der Waals surface area contributed by atoms with E-state index < -0.39 is 30.6 Å². The molecule has 88 valence electrons. The zero-order chi connectivity index (χ0) is 10.7. The molecule has 1 rings (SSSR count). The minimum Gasteiger partial charge on any atom is -0.480 e. The van der Waals surface area contributed by atoms with Crippen molar-refractivity contribution in [2.75, 3.05) is 13.2 Å².